The Kier molecular flexibility index (Phi) is 9.55. The molecule has 1 fully saturated rings. The Morgan fingerprint density at radius 3 is 2.69 bits per heavy atom. The smallest absolute Gasteiger partial charge is 0.256 e. The summed E-state index contributed by atoms with van der Waals surface area (Å²) >= 11 is 0. The number of halogens is 2. The molecular weight excluding hydrogens is 371 g/mol. The summed E-state index contributed by atoms with van der Waals surface area (Å²) in [6.07, 6.45) is 6.53. The lowest BCUT2D eigenvalue weighted by molar-refractivity contribution is 0.0642. The summed E-state index contributed by atoms with van der Waals surface area (Å²) in [6, 6.07) is 9.83. The van der Waals surface area contributed by atoms with Crippen molar-refractivity contribution in [3.63, 3.8) is 0 Å². The van der Waals surface area contributed by atoms with Crippen LogP contribution >= 0.6 is 24.8 Å². The number of pyridine rings is 2. The van der Waals surface area contributed by atoms with E-state index in [4.69, 9.17) is 0 Å². The lowest BCUT2D eigenvalue weighted by atomic mass is 10.1. The second-order valence-corrected chi connectivity index (χ2v) is 6.28. The van der Waals surface area contributed by atoms with Crippen LogP contribution < -0.4 is 5.32 Å². The molecule has 1 atom stereocenters. The summed E-state index contributed by atoms with van der Waals surface area (Å²) < 4.78 is 0. The number of amides is 1. The van der Waals surface area contributed by atoms with Gasteiger partial charge in [-0.3, -0.25) is 14.8 Å². The summed E-state index contributed by atoms with van der Waals surface area (Å²) in [5.74, 6) is 0.0417. The zero-order chi connectivity index (χ0) is 16.8. The zero-order valence-electron chi connectivity index (χ0n) is 14.9. The van der Waals surface area contributed by atoms with Gasteiger partial charge in [-0.15, -0.1) is 24.8 Å². The molecule has 1 unspecified atom stereocenters. The van der Waals surface area contributed by atoms with Gasteiger partial charge in [-0.25, -0.2) is 0 Å². The number of hydrogen-bond acceptors (Lipinski definition) is 4. The van der Waals surface area contributed by atoms with Crippen molar-refractivity contribution in [2.75, 3.05) is 13.1 Å². The molecule has 3 rings (SSSR count). The molecule has 5 nitrogen and oxygen atoms in total. The number of hydrogen-bond donors (Lipinski definition) is 1. The summed E-state index contributed by atoms with van der Waals surface area (Å²) in [6.45, 7) is 4.44. The van der Waals surface area contributed by atoms with Gasteiger partial charge in [0.1, 0.15) is 0 Å². The molecule has 1 aliphatic heterocycles. The summed E-state index contributed by atoms with van der Waals surface area (Å²) in [7, 11) is 0. The number of carbonyl (C=O) groups is 1. The van der Waals surface area contributed by atoms with Gasteiger partial charge in [-0.05, 0) is 63.5 Å². The minimum atomic E-state index is 0. The monoisotopic (exact) mass is 396 g/mol. The SMILES string of the molecule is Cc1ccc(C(=O)N(Cc2ccccn2)C2CCCNCC2)cn1.Cl.Cl. The predicted molar refractivity (Wildman–Crippen MR) is 108 cm³/mol. The maximum atomic E-state index is 13.1. The third kappa shape index (κ3) is 5.94. The van der Waals surface area contributed by atoms with E-state index in [-0.39, 0.29) is 36.8 Å². The minimum Gasteiger partial charge on any atom is -0.330 e. The van der Waals surface area contributed by atoms with Crippen LogP contribution in [0.15, 0.2) is 42.7 Å². The van der Waals surface area contributed by atoms with Crippen molar-refractivity contribution in [1.82, 2.24) is 20.2 Å². The van der Waals surface area contributed by atoms with Crippen LogP contribution in [0.25, 0.3) is 0 Å². The summed E-state index contributed by atoms with van der Waals surface area (Å²) in [4.78, 5) is 23.8. The van der Waals surface area contributed by atoms with Crippen molar-refractivity contribution in [2.24, 2.45) is 0 Å². The molecule has 142 valence electrons. The van der Waals surface area contributed by atoms with Crippen molar-refractivity contribution in [3.05, 3.63) is 59.7 Å². The second-order valence-electron chi connectivity index (χ2n) is 6.28. The Morgan fingerprint density at radius 2 is 2.00 bits per heavy atom. The van der Waals surface area contributed by atoms with Crippen molar-refractivity contribution < 1.29 is 4.79 Å². The maximum absolute atomic E-state index is 13.1. The standard InChI is InChI=1S/C19H24N4O.2ClH/c1-15-7-8-16(13-22-15)19(24)23(14-17-5-2-3-11-21-17)18-6-4-10-20-12-9-18;;/h2-3,5,7-8,11,13,18,20H,4,6,9-10,12,14H2,1H3;2*1H. The van der Waals surface area contributed by atoms with Crippen LogP contribution in [-0.2, 0) is 6.54 Å². The average molecular weight is 397 g/mol. The molecule has 0 bridgehead atoms. The normalized spacial score (nSPS) is 16.6. The molecule has 2 aromatic heterocycles. The summed E-state index contributed by atoms with van der Waals surface area (Å²) in [5, 5.41) is 3.42. The van der Waals surface area contributed by atoms with E-state index in [9.17, 15) is 4.79 Å². The molecule has 3 heterocycles. The van der Waals surface area contributed by atoms with Crippen molar-refractivity contribution in [1.29, 1.82) is 0 Å². The van der Waals surface area contributed by atoms with E-state index in [1.165, 1.54) is 0 Å². The van der Waals surface area contributed by atoms with Crippen LogP contribution in [0.3, 0.4) is 0 Å². The van der Waals surface area contributed by atoms with Crippen molar-refractivity contribution in [3.8, 4) is 0 Å². The first-order valence-corrected chi connectivity index (χ1v) is 8.58. The fourth-order valence-corrected chi connectivity index (χ4v) is 3.11. The van der Waals surface area contributed by atoms with Gasteiger partial charge in [0.2, 0.25) is 0 Å². The predicted octanol–water partition coefficient (Wildman–Crippen LogP) is 3.41. The van der Waals surface area contributed by atoms with Gasteiger partial charge in [-0.1, -0.05) is 6.07 Å². The van der Waals surface area contributed by atoms with Gasteiger partial charge >= 0.3 is 0 Å². The van der Waals surface area contributed by atoms with E-state index in [1.807, 2.05) is 42.2 Å². The first-order chi connectivity index (χ1) is 11.7. The highest BCUT2D eigenvalue weighted by atomic mass is 35.5. The van der Waals surface area contributed by atoms with Gasteiger partial charge in [0.25, 0.3) is 5.91 Å². The van der Waals surface area contributed by atoms with Crippen molar-refractivity contribution >= 4 is 30.7 Å². The number of carbonyl (C=O) groups excluding carboxylic acids is 1. The maximum Gasteiger partial charge on any atom is 0.256 e. The molecule has 2 aromatic rings. The molecule has 0 aliphatic carbocycles. The largest absolute Gasteiger partial charge is 0.330 e. The molecule has 1 amide bonds. The molecule has 26 heavy (non-hydrogen) atoms. The van der Waals surface area contributed by atoms with Crippen LogP contribution in [0.4, 0.5) is 0 Å². The number of rotatable bonds is 4. The highest BCUT2D eigenvalue weighted by molar-refractivity contribution is 5.94. The fraction of sp³-hybridized carbons (Fsp3) is 0.421. The first-order valence-electron chi connectivity index (χ1n) is 8.58. The second kappa shape index (κ2) is 11.1. The molecule has 0 aromatic carbocycles. The number of aryl methyl sites for hydroxylation is 1. The highest BCUT2D eigenvalue weighted by Gasteiger charge is 2.26. The molecule has 0 spiro atoms. The van der Waals surface area contributed by atoms with Crippen LogP contribution in [0.5, 0.6) is 0 Å². The van der Waals surface area contributed by atoms with Gasteiger partial charge < -0.3 is 10.2 Å². The zero-order valence-corrected chi connectivity index (χ0v) is 16.6. The van der Waals surface area contributed by atoms with E-state index in [0.717, 1.165) is 43.7 Å². The molecule has 7 heteroatoms. The Morgan fingerprint density at radius 1 is 1.15 bits per heavy atom. The fourth-order valence-electron chi connectivity index (χ4n) is 3.11. The van der Waals surface area contributed by atoms with E-state index in [1.54, 1.807) is 12.4 Å². The molecule has 0 saturated carbocycles. The topological polar surface area (TPSA) is 58.1 Å². The third-order valence-corrected chi connectivity index (χ3v) is 4.46. The molecule has 1 saturated heterocycles. The van der Waals surface area contributed by atoms with Gasteiger partial charge in [0.05, 0.1) is 17.8 Å². The van der Waals surface area contributed by atoms with Crippen LogP contribution in [-0.4, -0.2) is 39.9 Å². The van der Waals surface area contributed by atoms with Gasteiger partial charge in [0, 0.05) is 24.1 Å². The van der Waals surface area contributed by atoms with E-state index < -0.39 is 0 Å². The number of aromatic nitrogens is 2. The van der Waals surface area contributed by atoms with Crippen molar-refractivity contribution in [2.45, 2.75) is 38.8 Å². The van der Waals surface area contributed by atoms with Crippen LogP contribution in [0, 0.1) is 6.92 Å². The van der Waals surface area contributed by atoms with Crippen LogP contribution in [0.2, 0.25) is 0 Å². The highest BCUT2D eigenvalue weighted by Crippen LogP contribution is 2.19. The quantitative estimate of drug-likeness (QED) is 0.859. The van der Waals surface area contributed by atoms with Gasteiger partial charge in [-0.2, -0.15) is 0 Å². The average Bonchev–Trinajstić information content (AvgIpc) is 2.90. The number of nitrogens with one attached hydrogen (secondary N) is 1. The lowest BCUT2D eigenvalue weighted by Gasteiger charge is -2.31. The Bertz CT molecular complexity index is 659. The first kappa shape index (κ1) is 22.4. The molecule has 1 aliphatic rings. The Labute approximate surface area is 167 Å². The lowest BCUT2D eigenvalue weighted by Crippen LogP contribution is -2.40. The Hall–Kier alpha value is -1.69. The number of nitrogens with zero attached hydrogens (tertiary/aromatic N) is 3. The van der Waals surface area contributed by atoms with Gasteiger partial charge in [0.15, 0.2) is 0 Å². The molecular formula is C19H26Cl2N4O. The Balaban J connectivity index is 0.00000169. The molecule has 1 N–H and O–H groups in total. The third-order valence-electron chi connectivity index (χ3n) is 4.46. The minimum absolute atomic E-state index is 0. The summed E-state index contributed by atoms with van der Waals surface area (Å²) in [5.41, 5.74) is 2.48. The molecule has 0 radical (unpaired) electrons. The van der Waals surface area contributed by atoms with E-state index in [0.29, 0.717) is 12.1 Å². The van der Waals surface area contributed by atoms with E-state index >= 15 is 0 Å². The van der Waals surface area contributed by atoms with Crippen LogP contribution in [0.1, 0.15) is 41.0 Å². The van der Waals surface area contributed by atoms with E-state index in [2.05, 4.69) is 15.3 Å².